The smallest absolute Gasteiger partial charge is 0.222 e. The van der Waals surface area contributed by atoms with Gasteiger partial charge in [-0.1, -0.05) is 84.9 Å². The first kappa shape index (κ1) is 43.4. The number of carbonyl (C=O) groups excluding carboxylic acids is 3. The first-order chi connectivity index (χ1) is 25.8. The third-order valence-corrected chi connectivity index (χ3v) is 8.33. The molecule has 0 spiro atoms. The Bertz CT molecular complexity index is 2110. The number of benzene rings is 3. The first-order valence-electron chi connectivity index (χ1n) is 18.3. The fourth-order valence-electron chi connectivity index (χ4n) is 4.96. The maximum Gasteiger partial charge on any atom is 0.222 e. The van der Waals surface area contributed by atoms with Gasteiger partial charge in [0.05, 0.1) is 30.0 Å². The van der Waals surface area contributed by atoms with Crippen molar-refractivity contribution in [1.82, 2.24) is 35.5 Å². The molecule has 3 amide bonds. The second kappa shape index (κ2) is 21.1. The molecule has 11 heteroatoms. The molecule has 6 aromatic rings. The molecule has 0 fully saturated rings. The lowest BCUT2D eigenvalue weighted by Gasteiger charge is -2.07. The summed E-state index contributed by atoms with van der Waals surface area (Å²) in [7, 11) is 0. The average Bonchev–Trinajstić information content (AvgIpc) is 3.94. The summed E-state index contributed by atoms with van der Waals surface area (Å²) in [6.45, 7) is 17.0. The van der Waals surface area contributed by atoms with Crippen LogP contribution in [0.1, 0.15) is 76.8 Å². The molecule has 0 bridgehead atoms. The van der Waals surface area contributed by atoms with E-state index in [1.54, 1.807) is 18.7 Å². The molecule has 3 heterocycles. The van der Waals surface area contributed by atoms with Gasteiger partial charge in [-0.2, -0.15) is 10.2 Å². The maximum atomic E-state index is 11.5. The monoisotopic (exact) mass is 747 g/mol. The second-order valence-electron chi connectivity index (χ2n) is 14.2. The number of nitrogens with zero attached hydrogens (tertiary/aromatic N) is 4. The minimum Gasteiger partial charge on any atom is -0.464 e. The molecule has 292 valence electrons. The van der Waals surface area contributed by atoms with Gasteiger partial charge in [0.1, 0.15) is 5.58 Å². The van der Waals surface area contributed by atoms with Crippen molar-refractivity contribution in [3.05, 3.63) is 132 Å². The fourth-order valence-corrected chi connectivity index (χ4v) is 4.96. The van der Waals surface area contributed by atoms with Gasteiger partial charge < -0.3 is 20.4 Å². The number of aryl methyl sites for hydroxylation is 2. The molecule has 0 saturated heterocycles. The number of carbonyl (C=O) groups is 3. The van der Waals surface area contributed by atoms with Crippen LogP contribution >= 0.6 is 0 Å². The molecule has 11 nitrogen and oxygen atoms in total. The van der Waals surface area contributed by atoms with Crippen LogP contribution in [0, 0.1) is 31.6 Å². The summed E-state index contributed by atoms with van der Waals surface area (Å²) in [5.74, 6) is 0.232. The standard InChI is InChI=1S/2C15H19N3O.C13H15NO2.CH4/c1-11(2)15(19)16-8-13-9-17-18(10-13)14-6-4-12(3)5-7-14;1-11(2)15(19)16-8-13-9-17-18(10-13)14-6-4-5-12(3)7-14;1-9(2)13(15)14-8-10-3-4-12-11(7-10)5-6-16-12;/h2*4-7,9-11H,8H2,1-3H3,(H,16,19);3-7,9H,8H2,1-2H3,(H,14,15);1H4. The summed E-state index contributed by atoms with van der Waals surface area (Å²) in [5, 5.41) is 18.3. The highest BCUT2D eigenvalue weighted by molar-refractivity contribution is 5.80. The largest absolute Gasteiger partial charge is 0.464 e. The van der Waals surface area contributed by atoms with Crippen LogP contribution in [-0.2, 0) is 34.0 Å². The predicted molar refractivity (Wildman–Crippen MR) is 220 cm³/mol. The number of nitrogens with one attached hydrogen (secondary N) is 3. The Morgan fingerprint density at radius 2 is 1.11 bits per heavy atom. The van der Waals surface area contributed by atoms with Gasteiger partial charge in [-0.05, 0) is 67.4 Å². The number of rotatable bonds is 11. The van der Waals surface area contributed by atoms with Gasteiger partial charge in [0.15, 0.2) is 0 Å². The van der Waals surface area contributed by atoms with Gasteiger partial charge >= 0.3 is 0 Å². The number of hydrogen-bond acceptors (Lipinski definition) is 6. The van der Waals surface area contributed by atoms with Crippen LogP contribution in [-0.4, -0.2) is 37.3 Å². The number of aromatic nitrogens is 4. The lowest BCUT2D eigenvalue weighted by atomic mass is 10.1. The lowest BCUT2D eigenvalue weighted by Crippen LogP contribution is -2.27. The fraction of sp³-hybridized carbons (Fsp3) is 0.341. The van der Waals surface area contributed by atoms with Gasteiger partial charge in [0.2, 0.25) is 17.7 Å². The third-order valence-electron chi connectivity index (χ3n) is 8.33. The maximum absolute atomic E-state index is 11.5. The Labute approximate surface area is 325 Å². The zero-order valence-corrected chi connectivity index (χ0v) is 32.6. The molecule has 3 aromatic carbocycles. The molecule has 0 aliphatic rings. The van der Waals surface area contributed by atoms with Crippen molar-refractivity contribution >= 4 is 28.7 Å². The molecular weight excluding hydrogens is 691 g/mol. The van der Waals surface area contributed by atoms with E-state index in [0.717, 1.165) is 39.0 Å². The van der Waals surface area contributed by atoms with Gasteiger partial charge in [-0.3, -0.25) is 14.4 Å². The highest BCUT2D eigenvalue weighted by atomic mass is 16.3. The SMILES string of the molecule is C.CC(C)C(=O)NCc1ccc2occc2c1.Cc1ccc(-n2cc(CNC(=O)C(C)C)cn2)cc1.Cc1cccc(-n2cc(CNC(=O)C(C)C)cn2)c1. The molecule has 0 radical (unpaired) electrons. The number of hydrogen-bond donors (Lipinski definition) is 3. The van der Waals surface area contributed by atoms with E-state index in [1.165, 1.54) is 11.1 Å². The van der Waals surface area contributed by atoms with Crippen LogP contribution in [0.25, 0.3) is 22.3 Å². The Hall–Kier alpha value is -5.97. The van der Waals surface area contributed by atoms with Gasteiger partial charge in [0, 0.05) is 66.3 Å². The van der Waals surface area contributed by atoms with Gasteiger partial charge in [0.25, 0.3) is 0 Å². The molecule has 0 aliphatic carbocycles. The molecule has 3 aromatic heterocycles. The van der Waals surface area contributed by atoms with Crippen molar-refractivity contribution in [2.75, 3.05) is 0 Å². The quantitative estimate of drug-likeness (QED) is 0.122. The van der Waals surface area contributed by atoms with Gasteiger partial charge in [-0.15, -0.1) is 0 Å². The second-order valence-corrected chi connectivity index (χ2v) is 14.2. The highest BCUT2D eigenvalue weighted by Crippen LogP contribution is 2.17. The minimum absolute atomic E-state index is 0. The number of amides is 3. The van der Waals surface area contributed by atoms with E-state index < -0.39 is 0 Å². The number of furan rings is 1. The summed E-state index contributed by atoms with van der Waals surface area (Å²) >= 11 is 0. The average molecular weight is 748 g/mol. The molecule has 0 aliphatic heterocycles. The molecular formula is C44H57N7O4. The minimum atomic E-state index is 0. The summed E-state index contributed by atoms with van der Waals surface area (Å²) < 4.78 is 8.89. The molecule has 0 unspecified atom stereocenters. The molecule has 55 heavy (non-hydrogen) atoms. The predicted octanol–water partition coefficient (Wildman–Crippen LogP) is 8.25. The summed E-state index contributed by atoms with van der Waals surface area (Å²) in [6, 6.07) is 24.1. The van der Waals surface area contributed by atoms with E-state index in [4.69, 9.17) is 4.42 Å². The molecule has 3 N–H and O–H groups in total. The van der Waals surface area contributed by atoms with E-state index in [2.05, 4.69) is 64.3 Å². The van der Waals surface area contributed by atoms with Crippen LogP contribution < -0.4 is 16.0 Å². The van der Waals surface area contributed by atoms with Crippen molar-refractivity contribution < 1.29 is 18.8 Å². The van der Waals surface area contributed by atoms with Crippen LogP contribution in [0.5, 0.6) is 0 Å². The first-order valence-corrected chi connectivity index (χ1v) is 18.3. The molecule has 6 rings (SSSR count). The molecule has 0 atom stereocenters. The van der Waals surface area contributed by atoms with Crippen molar-refractivity contribution in [3.8, 4) is 11.4 Å². The van der Waals surface area contributed by atoms with Crippen molar-refractivity contribution in [3.63, 3.8) is 0 Å². The van der Waals surface area contributed by atoms with E-state index in [-0.39, 0.29) is 42.9 Å². The Balaban J connectivity index is 0.000000220. The van der Waals surface area contributed by atoms with Crippen LogP contribution in [0.4, 0.5) is 0 Å². The van der Waals surface area contributed by atoms with Crippen molar-refractivity contribution in [1.29, 1.82) is 0 Å². The van der Waals surface area contributed by atoms with Crippen molar-refractivity contribution in [2.24, 2.45) is 17.8 Å². The Morgan fingerprint density at radius 3 is 1.62 bits per heavy atom. The highest BCUT2D eigenvalue weighted by Gasteiger charge is 2.09. The van der Waals surface area contributed by atoms with E-state index in [9.17, 15) is 14.4 Å². The van der Waals surface area contributed by atoms with Crippen LogP contribution in [0.2, 0.25) is 0 Å². The zero-order chi connectivity index (χ0) is 39.2. The Kier molecular flexibility index (Phi) is 16.6. The third kappa shape index (κ3) is 13.7. The van der Waals surface area contributed by atoms with E-state index >= 15 is 0 Å². The van der Waals surface area contributed by atoms with Crippen LogP contribution in [0.3, 0.4) is 0 Å². The number of fused-ring (bicyclic) bond motifs is 1. The summed E-state index contributed by atoms with van der Waals surface area (Å²) in [6.07, 6.45) is 9.10. The van der Waals surface area contributed by atoms with Gasteiger partial charge in [-0.25, -0.2) is 9.36 Å². The van der Waals surface area contributed by atoms with E-state index in [1.807, 2.05) is 112 Å². The summed E-state index contributed by atoms with van der Waals surface area (Å²) in [5.41, 5.74) is 8.42. The normalized spacial score (nSPS) is 10.6. The summed E-state index contributed by atoms with van der Waals surface area (Å²) in [4.78, 5) is 34.4. The van der Waals surface area contributed by atoms with Crippen LogP contribution in [0.15, 0.2) is 108 Å². The lowest BCUT2D eigenvalue weighted by molar-refractivity contribution is -0.124. The molecule has 0 saturated carbocycles. The Morgan fingerprint density at radius 1 is 0.600 bits per heavy atom. The van der Waals surface area contributed by atoms with Crippen molar-refractivity contribution in [2.45, 2.75) is 82.5 Å². The topological polar surface area (TPSA) is 136 Å². The zero-order valence-electron chi connectivity index (χ0n) is 32.6. The van der Waals surface area contributed by atoms with E-state index in [0.29, 0.717) is 19.6 Å².